The second kappa shape index (κ2) is 8.23. The van der Waals surface area contributed by atoms with E-state index in [9.17, 15) is 4.79 Å². The van der Waals surface area contributed by atoms with E-state index in [1.807, 2.05) is 18.2 Å². The van der Waals surface area contributed by atoms with Gasteiger partial charge in [-0.25, -0.2) is 4.98 Å². The van der Waals surface area contributed by atoms with E-state index >= 15 is 0 Å². The summed E-state index contributed by atoms with van der Waals surface area (Å²) in [6.45, 7) is 4.34. The predicted molar refractivity (Wildman–Crippen MR) is 114 cm³/mol. The Labute approximate surface area is 170 Å². The molecule has 5 nitrogen and oxygen atoms in total. The van der Waals surface area contributed by atoms with Gasteiger partial charge in [0.1, 0.15) is 0 Å². The number of imidazole rings is 1. The topological polar surface area (TPSA) is 61.0 Å². The summed E-state index contributed by atoms with van der Waals surface area (Å²) in [6, 6.07) is 14.1. The molecule has 28 heavy (non-hydrogen) atoms. The standard InChI is InChI=1S/C22H25ClN4O/c1-15-4-6-16(7-5-15)10-11-24-21(28)17-3-2-12-27(14-17)22-25-19-9-8-18(23)13-20(19)26-22/h4-9,13,17H,2-3,10-12,14H2,1H3,(H,24,28)(H,25,26)/t17-/m0/s1. The minimum Gasteiger partial charge on any atom is -0.355 e. The van der Waals surface area contributed by atoms with Crippen molar-refractivity contribution in [2.45, 2.75) is 26.2 Å². The molecule has 1 amide bonds. The SMILES string of the molecule is Cc1ccc(CCNC(=O)[C@H]2CCCN(c3nc4ccc(Cl)cc4[nH]3)C2)cc1. The second-order valence-corrected chi connectivity index (χ2v) is 7.97. The lowest BCUT2D eigenvalue weighted by Gasteiger charge is -2.31. The van der Waals surface area contributed by atoms with Gasteiger partial charge >= 0.3 is 0 Å². The summed E-state index contributed by atoms with van der Waals surface area (Å²) in [5, 5.41) is 3.80. The monoisotopic (exact) mass is 396 g/mol. The van der Waals surface area contributed by atoms with Crippen LogP contribution in [0.4, 0.5) is 5.95 Å². The Bertz CT molecular complexity index is 966. The third kappa shape index (κ3) is 4.30. The van der Waals surface area contributed by atoms with Gasteiger partial charge in [-0.3, -0.25) is 4.79 Å². The molecule has 146 valence electrons. The molecule has 2 aromatic carbocycles. The van der Waals surface area contributed by atoms with Gasteiger partial charge < -0.3 is 15.2 Å². The van der Waals surface area contributed by atoms with E-state index in [1.165, 1.54) is 11.1 Å². The molecular formula is C22H25ClN4O. The molecule has 2 N–H and O–H groups in total. The number of carbonyl (C=O) groups is 1. The third-order valence-electron chi connectivity index (χ3n) is 5.36. The number of hydrogen-bond donors (Lipinski definition) is 2. The van der Waals surface area contributed by atoms with Crippen molar-refractivity contribution in [1.82, 2.24) is 15.3 Å². The Balaban J connectivity index is 1.34. The normalized spacial score (nSPS) is 17.1. The molecule has 2 heterocycles. The molecule has 0 unspecified atom stereocenters. The lowest BCUT2D eigenvalue weighted by molar-refractivity contribution is -0.125. The maximum atomic E-state index is 12.7. The fourth-order valence-electron chi connectivity index (χ4n) is 3.73. The number of aromatic nitrogens is 2. The zero-order chi connectivity index (χ0) is 19.5. The van der Waals surface area contributed by atoms with Gasteiger partial charge in [-0.1, -0.05) is 41.4 Å². The average Bonchev–Trinajstić information content (AvgIpc) is 3.13. The Hall–Kier alpha value is -2.53. The molecule has 4 rings (SSSR count). The smallest absolute Gasteiger partial charge is 0.224 e. The molecule has 6 heteroatoms. The average molecular weight is 397 g/mol. The van der Waals surface area contributed by atoms with E-state index < -0.39 is 0 Å². The molecule has 3 aromatic rings. The number of anilines is 1. The molecule has 1 aliphatic heterocycles. The molecule has 1 aromatic heterocycles. The fourth-order valence-corrected chi connectivity index (χ4v) is 3.90. The van der Waals surface area contributed by atoms with Crippen molar-refractivity contribution in [3.63, 3.8) is 0 Å². The number of benzene rings is 2. The molecule has 0 saturated carbocycles. The van der Waals surface area contributed by atoms with E-state index in [0.717, 1.165) is 42.8 Å². The van der Waals surface area contributed by atoms with Gasteiger partial charge in [0, 0.05) is 24.7 Å². The van der Waals surface area contributed by atoms with Gasteiger partial charge in [0.2, 0.25) is 11.9 Å². The van der Waals surface area contributed by atoms with Crippen molar-refractivity contribution in [3.05, 3.63) is 58.6 Å². The number of aryl methyl sites for hydroxylation is 1. The minimum absolute atomic E-state index is 0.0106. The summed E-state index contributed by atoms with van der Waals surface area (Å²) >= 11 is 6.06. The molecule has 0 bridgehead atoms. The molecule has 1 aliphatic rings. The first kappa shape index (κ1) is 18.8. The zero-order valence-electron chi connectivity index (χ0n) is 16.0. The van der Waals surface area contributed by atoms with Crippen LogP contribution in [0.2, 0.25) is 5.02 Å². The quantitative estimate of drug-likeness (QED) is 0.682. The number of aromatic amines is 1. The molecule has 0 aliphatic carbocycles. The highest BCUT2D eigenvalue weighted by Gasteiger charge is 2.27. The van der Waals surface area contributed by atoms with Crippen molar-refractivity contribution in [3.8, 4) is 0 Å². The molecule has 0 spiro atoms. The summed E-state index contributed by atoms with van der Waals surface area (Å²) in [4.78, 5) is 22.8. The van der Waals surface area contributed by atoms with Crippen molar-refractivity contribution in [2.24, 2.45) is 5.92 Å². The second-order valence-electron chi connectivity index (χ2n) is 7.53. The highest BCUT2D eigenvalue weighted by Crippen LogP contribution is 2.25. The molecular weight excluding hydrogens is 372 g/mol. The number of piperidine rings is 1. The third-order valence-corrected chi connectivity index (χ3v) is 5.59. The summed E-state index contributed by atoms with van der Waals surface area (Å²) in [5.41, 5.74) is 4.32. The molecule has 0 radical (unpaired) electrons. The van der Waals surface area contributed by atoms with E-state index in [-0.39, 0.29) is 11.8 Å². The summed E-state index contributed by atoms with van der Waals surface area (Å²) < 4.78 is 0. The number of hydrogen-bond acceptors (Lipinski definition) is 3. The van der Waals surface area contributed by atoms with Crippen LogP contribution >= 0.6 is 11.6 Å². The van der Waals surface area contributed by atoms with E-state index in [1.54, 1.807) is 0 Å². The van der Waals surface area contributed by atoms with Gasteiger partial charge in [-0.2, -0.15) is 0 Å². The van der Waals surface area contributed by atoms with Crippen molar-refractivity contribution < 1.29 is 4.79 Å². The number of H-pyrrole nitrogens is 1. The first-order valence-electron chi connectivity index (χ1n) is 9.82. The molecule has 1 saturated heterocycles. The van der Waals surface area contributed by atoms with Gasteiger partial charge in [-0.05, 0) is 49.9 Å². The maximum Gasteiger partial charge on any atom is 0.224 e. The highest BCUT2D eigenvalue weighted by molar-refractivity contribution is 6.31. The van der Waals surface area contributed by atoms with Crippen LogP contribution in [0.1, 0.15) is 24.0 Å². The number of nitrogens with zero attached hydrogens (tertiary/aromatic N) is 2. The van der Waals surface area contributed by atoms with Crippen LogP contribution in [0.25, 0.3) is 11.0 Å². The maximum absolute atomic E-state index is 12.7. The zero-order valence-corrected chi connectivity index (χ0v) is 16.8. The number of amides is 1. The Morgan fingerprint density at radius 3 is 2.93 bits per heavy atom. The van der Waals surface area contributed by atoms with E-state index in [0.29, 0.717) is 18.1 Å². The van der Waals surface area contributed by atoms with Gasteiger partial charge in [-0.15, -0.1) is 0 Å². The minimum atomic E-state index is -0.0106. The molecule has 1 fully saturated rings. The number of nitrogens with one attached hydrogen (secondary N) is 2. The first-order valence-corrected chi connectivity index (χ1v) is 10.2. The van der Waals surface area contributed by atoms with Crippen molar-refractivity contribution >= 4 is 34.5 Å². The summed E-state index contributed by atoms with van der Waals surface area (Å²) in [7, 11) is 0. The van der Waals surface area contributed by atoms with Crippen LogP contribution in [0, 0.1) is 12.8 Å². The van der Waals surface area contributed by atoms with Crippen LogP contribution in [0.5, 0.6) is 0 Å². The number of fused-ring (bicyclic) bond motifs is 1. The summed E-state index contributed by atoms with van der Waals surface area (Å²) in [6.07, 6.45) is 2.75. The van der Waals surface area contributed by atoms with Crippen LogP contribution < -0.4 is 10.2 Å². The van der Waals surface area contributed by atoms with Crippen LogP contribution in [0.3, 0.4) is 0 Å². The van der Waals surface area contributed by atoms with E-state index in [4.69, 9.17) is 11.6 Å². The largest absolute Gasteiger partial charge is 0.355 e. The Morgan fingerprint density at radius 2 is 2.11 bits per heavy atom. The number of rotatable bonds is 5. The lowest BCUT2D eigenvalue weighted by Crippen LogP contribution is -2.43. The van der Waals surface area contributed by atoms with Gasteiger partial charge in [0.25, 0.3) is 0 Å². The van der Waals surface area contributed by atoms with Gasteiger partial charge in [0.05, 0.1) is 17.0 Å². The van der Waals surface area contributed by atoms with Crippen LogP contribution in [-0.4, -0.2) is 35.5 Å². The van der Waals surface area contributed by atoms with Gasteiger partial charge in [0.15, 0.2) is 0 Å². The number of carbonyl (C=O) groups excluding carboxylic acids is 1. The van der Waals surface area contributed by atoms with Crippen molar-refractivity contribution in [1.29, 1.82) is 0 Å². The van der Waals surface area contributed by atoms with Crippen LogP contribution in [0.15, 0.2) is 42.5 Å². The first-order chi connectivity index (χ1) is 13.6. The predicted octanol–water partition coefficient (Wildman–Crippen LogP) is 4.10. The Kier molecular flexibility index (Phi) is 5.53. The van der Waals surface area contributed by atoms with Crippen molar-refractivity contribution in [2.75, 3.05) is 24.5 Å². The Morgan fingerprint density at radius 1 is 1.29 bits per heavy atom. The number of halogens is 1. The van der Waals surface area contributed by atoms with E-state index in [2.05, 4.69) is 51.4 Å². The fraction of sp³-hybridized carbons (Fsp3) is 0.364. The summed E-state index contributed by atoms with van der Waals surface area (Å²) in [5.74, 6) is 0.939. The molecule has 1 atom stereocenters. The van der Waals surface area contributed by atoms with Crippen LogP contribution in [-0.2, 0) is 11.2 Å². The lowest BCUT2D eigenvalue weighted by atomic mass is 9.97. The highest BCUT2D eigenvalue weighted by atomic mass is 35.5.